The van der Waals surface area contributed by atoms with Crippen LogP contribution in [0.2, 0.25) is 20.2 Å². The van der Waals surface area contributed by atoms with Gasteiger partial charge in [0, 0.05) is 84.3 Å². The molecule has 0 radical (unpaired) electrons. The van der Waals surface area contributed by atoms with E-state index in [1.54, 1.807) is 43.0 Å². The lowest BCUT2D eigenvalue weighted by Crippen LogP contribution is -2.39. The van der Waals surface area contributed by atoms with E-state index in [-0.39, 0.29) is 52.6 Å². The lowest BCUT2D eigenvalue weighted by atomic mass is 9.69. The molecule has 3 aliphatic heterocycles. The molecule has 3 aliphatic carbocycles. The number of aromatic nitrogens is 9. The van der Waals surface area contributed by atoms with Gasteiger partial charge in [-0.25, -0.2) is 54.4 Å². The topological polar surface area (TPSA) is 381 Å². The molecule has 97 heavy (non-hydrogen) atoms. The highest BCUT2D eigenvalue weighted by molar-refractivity contribution is 8.00. The Morgan fingerprint density at radius 3 is 1.40 bits per heavy atom. The first-order chi connectivity index (χ1) is 45.5. The van der Waals surface area contributed by atoms with Crippen molar-refractivity contribution < 1.29 is 19.1 Å². The van der Waals surface area contributed by atoms with Gasteiger partial charge in [0.25, 0.3) is 0 Å². The Morgan fingerprint density at radius 2 is 0.979 bits per heavy atom. The Hall–Kier alpha value is -5.75. The molecule has 32 heteroatoms. The maximum Gasteiger partial charge on any atom is 0.410 e. The third kappa shape index (κ3) is 21.6. The van der Waals surface area contributed by atoms with Gasteiger partial charge in [0.05, 0.1) is 33.2 Å². The number of anilines is 7. The van der Waals surface area contributed by atoms with Crippen LogP contribution in [0.4, 0.5) is 50.3 Å². The molecule has 24 nitrogen and oxygen atoms in total. The number of carbonyl (C=O) groups is 2. The van der Waals surface area contributed by atoms with E-state index in [2.05, 4.69) is 55.5 Å². The molecule has 2 amide bonds. The Kier molecular flexibility index (Phi) is 26.7. The summed E-state index contributed by atoms with van der Waals surface area (Å²) in [5.74, 6) is 3.18. The van der Waals surface area contributed by atoms with Crippen LogP contribution in [0.15, 0.2) is 85.1 Å². The lowest BCUT2D eigenvalue weighted by Gasteiger charge is -2.37. The SMILES string of the molecule is CC(C)(C)OC(=O)N1CCC2(CCC(N)CC2)C1.CC(C)(C)OC(=O)N1CCC2(CCC(Nc3cnc(Sc4ccnc(N)c4Cl)c(N)n3)CC2)C1.Cl.Nc1nc(CC2CCC3(CCNC3)CC2)cnc1Sc1ccnc(N)c1Cl.Nc1nc(Cl)cnc1Sc1ccnc(N)c1Cl. The van der Waals surface area contributed by atoms with Crippen LogP contribution in [-0.4, -0.2) is 129 Å². The van der Waals surface area contributed by atoms with Crippen molar-refractivity contribution in [2.75, 3.05) is 79.0 Å². The summed E-state index contributed by atoms with van der Waals surface area (Å²) in [5, 5.41) is 10.1. The summed E-state index contributed by atoms with van der Waals surface area (Å²) in [6.07, 6.45) is 27.6. The van der Waals surface area contributed by atoms with Gasteiger partial charge in [0.2, 0.25) is 0 Å². The second kappa shape index (κ2) is 33.6. The molecule has 6 aromatic rings. The number of nitrogens with two attached hydrogens (primary N) is 7. The first-order valence-electron chi connectivity index (χ1n) is 32.4. The van der Waals surface area contributed by atoms with E-state index in [4.69, 9.17) is 96.0 Å². The molecule has 16 N–H and O–H groups in total. The van der Waals surface area contributed by atoms with E-state index in [9.17, 15) is 9.59 Å². The molecule has 528 valence electrons. The summed E-state index contributed by atoms with van der Waals surface area (Å²) in [6, 6.07) is 5.95. The molecule has 12 rings (SSSR count). The highest BCUT2D eigenvalue weighted by Gasteiger charge is 2.45. The molecule has 0 atom stereocenters. The highest BCUT2D eigenvalue weighted by Crippen LogP contribution is 2.48. The number of nitrogens with one attached hydrogen (secondary N) is 2. The van der Waals surface area contributed by atoms with Crippen LogP contribution in [0.5, 0.6) is 0 Å². The zero-order valence-corrected chi connectivity index (χ0v) is 62.0. The summed E-state index contributed by atoms with van der Waals surface area (Å²) in [6.45, 7) is 17.0. The van der Waals surface area contributed by atoms with Gasteiger partial charge in [-0.2, -0.15) is 0 Å². The molecule has 6 aromatic heterocycles. The van der Waals surface area contributed by atoms with Crippen LogP contribution >= 0.6 is 94.1 Å². The molecule has 6 aliphatic rings. The van der Waals surface area contributed by atoms with E-state index in [0.29, 0.717) is 87.1 Å². The number of ether oxygens (including phenoxy) is 2. The molecule has 3 saturated heterocycles. The van der Waals surface area contributed by atoms with E-state index in [0.717, 1.165) is 112 Å². The number of nitrogens with zero attached hydrogens (tertiary/aromatic N) is 11. The van der Waals surface area contributed by atoms with Crippen molar-refractivity contribution in [2.45, 2.75) is 197 Å². The van der Waals surface area contributed by atoms with Crippen LogP contribution in [0.25, 0.3) is 0 Å². The van der Waals surface area contributed by atoms with Gasteiger partial charge in [0.1, 0.15) is 54.7 Å². The Bertz CT molecular complexity index is 3660. The minimum atomic E-state index is -0.469. The first kappa shape index (κ1) is 77.0. The van der Waals surface area contributed by atoms with E-state index >= 15 is 0 Å². The number of pyridine rings is 3. The molecule has 3 saturated carbocycles. The fourth-order valence-corrected chi connectivity index (χ4v) is 16.2. The Morgan fingerprint density at radius 1 is 0.557 bits per heavy atom. The number of carbonyl (C=O) groups excluding carboxylic acids is 2. The number of rotatable bonds is 10. The quantitative estimate of drug-likeness (QED) is 0.0615. The van der Waals surface area contributed by atoms with Gasteiger partial charge in [-0.3, -0.25) is 0 Å². The predicted molar refractivity (Wildman–Crippen MR) is 393 cm³/mol. The van der Waals surface area contributed by atoms with Gasteiger partial charge in [0.15, 0.2) is 17.5 Å². The van der Waals surface area contributed by atoms with Gasteiger partial charge in [-0.1, -0.05) is 81.7 Å². The Balaban J connectivity index is 0.000000171. The monoisotopic (exact) mass is 1490 g/mol. The molecule has 3 spiro atoms. The second-order valence-corrected chi connectivity index (χ2v) is 32.5. The highest BCUT2D eigenvalue weighted by atomic mass is 35.5. The van der Waals surface area contributed by atoms with Crippen molar-refractivity contribution in [3.63, 3.8) is 0 Å². The molecule has 6 fully saturated rings. The van der Waals surface area contributed by atoms with Crippen molar-refractivity contribution in [3.05, 3.63) is 81.3 Å². The van der Waals surface area contributed by atoms with Crippen LogP contribution < -0.4 is 50.8 Å². The summed E-state index contributed by atoms with van der Waals surface area (Å²) in [4.78, 5) is 68.3. The van der Waals surface area contributed by atoms with E-state index in [1.165, 1.54) is 86.7 Å². The fourth-order valence-electron chi connectivity index (χ4n) is 13.0. The Labute approximate surface area is 607 Å². The predicted octanol–water partition coefficient (Wildman–Crippen LogP) is 13.8. The number of hydrogen-bond donors (Lipinski definition) is 9. The maximum atomic E-state index is 12.4. The zero-order valence-electron chi connectivity index (χ0n) is 55.7. The summed E-state index contributed by atoms with van der Waals surface area (Å²) >= 11 is 28.0. The van der Waals surface area contributed by atoms with E-state index < -0.39 is 11.2 Å². The average molecular weight is 1490 g/mol. The van der Waals surface area contributed by atoms with Crippen molar-refractivity contribution in [1.29, 1.82) is 0 Å². The van der Waals surface area contributed by atoms with Gasteiger partial charge in [-0.15, -0.1) is 12.4 Å². The molecule has 0 bridgehead atoms. The molecule has 0 aromatic carbocycles. The minimum absolute atomic E-state index is 0. The third-order valence-corrected chi connectivity index (χ3v) is 23.2. The third-order valence-electron chi connectivity index (χ3n) is 18.2. The number of likely N-dealkylation sites (tertiary alicyclic amines) is 2. The minimum Gasteiger partial charge on any atom is -0.444 e. The summed E-state index contributed by atoms with van der Waals surface area (Å²) < 4.78 is 11.0. The molecule has 0 unspecified atom stereocenters. The van der Waals surface area contributed by atoms with Crippen molar-refractivity contribution in [1.82, 2.24) is 60.0 Å². The zero-order chi connectivity index (χ0) is 69.2. The van der Waals surface area contributed by atoms with Gasteiger partial charge >= 0.3 is 12.2 Å². The number of halogens is 5. The number of amides is 2. The van der Waals surface area contributed by atoms with Crippen molar-refractivity contribution in [2.24, 2.45) is 27.9 Å². The molecule has 9 heterocycles. The van der Waals surface area contributed by atoms with Crippen LogP contribution in [0.1, 0.15) is 144 Å². The second-order valence-electron chi connectivity index (χ2n) is 27.8. The normalized spacial score (nSPS) is 22.9. The smallest absolute Gasteiger partial charge is 0.410 e. The summed E-state index contributed by atoms with van der Waals surface area (Å²) in [5.41, 5.74) is 42.3. The van der Waals surface area contributed by atoms with E-state index in [1.807, 2.05) is 57.5 Å². The fraction of sp³-hybridized carbons (Fsp3) is 0.554. The van der Waals surface area contributed by atoms with Crippen molar-refractivity contribution >= 4 is 147 Å². The number of nitrogen functional groups attached to an aromatic ring is 6. The first-order valence-corrected chi connectivity index (χ1v) is 36.4. The summed E-state index contributed by atoms with van der Waals surface area (Å²) in [7, 11) is 0. The van der Waals surface area contributed by atoms with Crippen LogP contribution in [0, 0.1) is 22.2 Å². The van der Waals surface area contributed by atoms with Crippen molar-refractivity contribution in [3.8, 4) is 0 Å². The maximum absolute atomic E-state index is 12.4. The van der Waals surface area contributed by atoms with Crippen LogP contribution in [-0.2, 0) is 15.9 Å². The average Bonchev–Trinajstić information content (AvgIpc) is 1.72. The lowest BCUT2D eigenvalue weighted by molar-refractivity contribution is 0.0251. The van der Waals surface area contributed by atoms with Crippen LogP contribution in [0.3, 0.4) is 0 Å². The molecular weight excluding hydrogens is 1400 g/mol. The molecular formula is C65H91Cl5N20O4S3. The standard InChI is InChI=1S/C23H32ClN7O2S.C19H25ClN6S.C14H26N2O2.C9H7Cl2N5S.ClH/c1-22(2,3)33-21(32)31-11-9-23(13-31)7-4-14(5-8-23)29-16-12-28-20(19(26)30-16)34-15-6-10-27-18(25)17(15)24;20-15-14(3-7-24-16(15)21)27-18-17(22)26-13(10-25-18)9-12-1-4-19(5-2-12)6-8-23-11-19;1-13(2,3)18-12(17)16-9-8-14(10-16)6-4-11(15)5-7-14;10-5-3-15-9(8(13)16-5)17-4-1-2-14-7(12)6(4)11;/h6,10,12,14H,4-5,7-9,11,13H2,1-3H3,(H2,25,27)(H3,26,29,30);3,7,10,12,23H,1-2,4-6,8-9,11H2,(H2,21,24)(H2,22,26);11H,4-10,15H2,1-3H3;1-3H,(H2,12,14)(H2,13,16);1H. The van der Waals surface area contributed by atoms with Gasteiger partial charge in [-0.05, 0) is 191 Å². The van der Waals surface area contributed by atoms with Gasteiger partial charge < -0.3 is 70.0 Å². The largest absolute Gasteiger partial charge is 0.444 e. The number of hydrogen-bond acceptors (Lipinski definition) is 25.